The van der Waals surface area contributed by atoms with Gasteiger partial charge in [0.25, 0.3) is 0 Å². The molecule has 2 heterocycles. The van der Waals surface area contributed by atoms with Crippen molar-refractivity contribution in [3.8, 4) is 0 Å². The normalized spacial score (nSPS) is 21.0. The molecule has 0 bridgehead atoms. The fraction of sp³-hybridized carbons (Fsp3) is 0.727. The van der Waals surface area contributed by atoms with Gasteiger partial charge < -0.3 is 9.80 Å². The second-order valence-corrected chi connectivity index (χ2v) is 5.31. The molecule has 1 unspecified atom stereocenters. The van der Waals surface area contributed by atoms with E-state index in [2.05, 4.69) is 16.8 Å². The average molecular weight is 279 g/mol. The minimum Gasteiger partial charge on any atom is -0.346 e. The van der Waals surface area contributed by atoms with E-state index in [1.165, 1.54) is 0 Å². The van der Waals surface area contributed by atoms with Gasteiger partial charge in [-0.2, -0.15) is 13.2 Å². The Labute approximate surface area is 108 Å². The predicted octanol–water partition coefficient (Wildman–Crippen LogP) is 2.69. The minimum atomic E-state index is -4.34. The second-order valence-electron chi connectivity index (χ2n) is 4.47. The topological polar surface area (TPSA) is 19.4 Å². The van der Waals surface area contributed by atoms with E-state index in [1.54, 1.807) is 0 Å². The summed E-state index contributed by atoms with van der Waals surface area (Å²) in [6.07, 6.45) is -3.36. The van der Waals surface area contributed by atoms with Crippen LogP contribution >= 0.6 is 11.3 Å². The van der Waals surface area contributed by atoms with Crippen molar-refractivity contribution in [2.45, 2.75) is 25.6 Å². The first-order chi connectivity index (χ1) is 8.41. The number of thiazole rings is 1. The standard InChI is InChI=1S/C11H16F3N3S/c1-3-16(2)8-4-5-17(6-8)10-15-9(7-18-10)11(12,13)14/h7-8H,3-6H2,1-2H3. The van der Waals surface area contributed by atoms with E-state index in [9.17, 15) is 13.2 Å². The Bertz CT molecular complexity index is 404. The lowest BCUT2D eigenvalue weighted by Crippen LogP contribution is -2.34. The van der Waals surface area contributed by atoms with Gasteiger partial charge in [-0.05, 0) is 20.0 Å². The Morgan fingerprint density at radius 1 is 1.56 bits per heavy atom. The van der Waals surface area contributed by atoms with Crippen LogP contribution in [0.2, 0.25) is 0 Å². The molecule has 1 aromatic rings. The fourth-order valence-corrected chi connectivity index (χ4v) is 2.94. The first-order valence-electron chi connectivity index (χ1n) is 5.89. The lowest BCUT2D eigenvalue weighted by molar-refractivity contribution is -0.140. The summed E-state index contributed by atoms with van der Waals surface area (Å²) < 4.78 is 37.4. The van der Waals surface area contributed by atoms with E-state index in [-0.39, 0.29) is 0 Å². The maximum atomic E-state index is 12.5. The fourth-order valence-electron chi connectivity index (χ4n) is 2.07. The Hall–Kier alpha value is -0.820. The third-order valence-corrected chi connectivity index (χ3v) is 4.24. The quantitative estimate of drug-likeness (QED) is 0.848. The average Bonchev–Trinajstić information content (AvgIpc) is 2.94. The highest BCUT2D eigenvalue weighted by atomic mass is 32.1. The van der Waals surface area contributed by atoms with Crippen molar-refractivity contribution in [1.82, 2.24) is 9.88 Å². The number of likely N-dealkylation sites (N-methyl/N-ethyl adjacent to an activating group) is 1. The number of aromatic nitrogens is 1. The molecule has 0 N–H and O–H groups in total. The van der Waals surface area contributed by atoms with Gasteiger partial charge in [-0.25, -0.2) is 4.98 Å². The molecule has 3 nitrogen and oxygen atoms in total. The highest BCUT2D eigenvalue weighted by Crippen LogP contribution is 2.34. The molecule has 1 saturated heterocycles. The van der Waals surface area contributed by atoms with Gasteiger partial charge in [-0.15, -0.1) is 11.3 Å². The summed E-state index contributed by atoms with van der Waals surface area (Å²) in [6.45, 7) is 4.56. The number of anilines is 1. The molecule has 1 aromatic heterocycles. The molecule has 0 amide bonds. The summed E-state index contributed by atoms with van der Waals surface area (Å²) in [5.41, 5.74) is -0.783. The van der Waals surface area contributed by atoms with Crippen molar-refractivity contribution in [2.24, 2.45) is 0 Å². The van der Waals surface area contributed by atoms with Crippen LogP contribution in [-0.4, -0.2) is 42.6 Å². The maximum Gasteiger partial charge on any atom is 0.434 e. The molecule has 0 aliphatic carbocycles. The molecule has 2 rings (SSSR count). The van der Waals surface area contributed by atoms with Crippen LogP contribution in [0.3, 0.4) is 0 Å². The molecule has 0 spiro atoms. The number of halogens is 3. The maximum absolute atomic E-state index is 12.5. The molecule has 1 atom stereocenters. The van der Waals surface area contributed by atoms with Crippen LogP contribution in [0.5, 0.6) is 0 Å². The number of hydrogen-bond acceptors (Lipinski definition) is 4. The Kier molecular flexibility index (Phi) is 3.82. The minimum absolute atomic E-state index is 0.410. The summed E-state index contributed by atoms with van der Waals surface area (Å²) in [7, 11) is 2.04. The van der Waals surface area contributed by atoms with Crippen molar-refractivity contribution >= 4 is 16.5 Å². The van der Waals surface area contributed by atoms with Crippen LogP contribution in [0.15, 0.2) is 5.38 Å². The molecule has 7 heteroatoms. The zero-order valence-electron chi connectivity index (χ0n) is 10.4. The third-order valence-electron chi connectivity index (χ3n) is 3.34. The number of nitrogens with zero attached hydrogens (tertiary/aromatic N) is 3. The second kappa shape index (κ2) is 5.05. The van der Waals surface area contributed by atoms with E-state index in [0.29, 0.717) is 11.2 Å². The first kappa shape index (κ1) is 13.6. The zero-order valence-corrected chi connectivity index (χ0v) is 11.2. The summed E-state index contributed by atoms with van der Waals surface area (Å²) in [6, 6.07) is 0.410. The van der Waals surface area contributed by atoms with Crippen molar-refractivity contribution in [2.75, 3.05) is 31.6 Å². The molecule has 1 aliphatic rings. The third kappa shape index (κ3) is 2.77. The van der Waals surface area contributed by atoms with Gasteiger partial charge in [0.2, 0.25) is 0 Å². The largest absolute Gasteiger partial charge is 0.434 e. The number of hydrogen-bond donors (Lipinski definition) is 0. The van der Waals surface area contributed by atoms with Crippen LogP contribution in [-0.2, 0) is 6.18 Å². The molecule has 102 valence electrons. The van der Waals surface area contributed by atoms with Crippen molar-refractivity contribution < 1.29 is 13.2 Å². The summed E-state index contributed by atoms with van der Waals surface area (Å²) >= 11 is 1.07. The van der Waals surface area contributed by atoms with Gasteiger partial charge >= 0.3 is 6.18 Å². The molecule has 0 aromatic carbocycles. The van der Waals surface area contributed by atoms with E-state index in [4.69, 9.17) is 0 Å². The lowest BCUT2D eigenvalue weighted by atomic mass is 10.2. The summed E-state index contributed by atoms with van der Waals surface area (Å²) in [5, 5.41) is 1.57. The molecule has 1 aliphatic heterocycles. The molecule has 0 saturated carbocycles. The first-order valence-corrected chi connectivity index (χ1v) is 6.77. The van der Waals surface area contributed by atoms with E-state index >= 15 is 0 Å². The molecular weight excluding hydrogens is 263 g/mol. The Balaban J connectivity index is 2.04. The van der Waals surface area contributed by atoms with E-state index < -0.39 is 11.9 Å². The van der Waals surface area contributed by atoms with Crippen molar-refractivity contribution in [3.05, 3.63) is 11.1 Å². The van der Waals surface area contributed by atoms with Gasteiger partial charge in [0.05, 0.1) is 0 Å². The van der Waals surface area contributed by atoms with E-state index in [0.717, 1.165) is 42.8 Å². The van der Waals surface area contributed by atoms with Crippen LogP contribution in [0.4, 0.5) is 18.3 Å². The highest BCUT2D eigenvalue weighted by Gasteiger charge is 2.35. The Morgan fingerprint density at radius 2 is 2.28 bits per heavy atom. The molecular formula is C11H16F3N3S. The summed E-state index contributed by atoms with van der Waals surface area (Å²) in [4.78, 5) is 7.85. The Morgan fingerprint density at radius 3 is 2.83 bits per heavy atom. The number of rotatable bonds is 3. The van der Waals surface area contributed by atoms with E-state index in [1.807, 2.05) is 11.9 Å². The highest BCUT2D eigenvalue weighted by molar-refractivity contribution is 7.13. The zero-order chi connectivity index (χ0) is 13.3. The van der Waals surface area contributed by atoms with Gasteiger partial charge in [-0.1, -0.05) is 6.92 Å². The smallest absolute Gasteiger partial charge is 0.346 e. The molecule has 18 heavy (non-hydrogen) atoms. The van der Waals surface area contributed by atoms with Crippen LogP contribution in [0.25, 0.3) is 0 Å². The van der Waals surface area contributed by atoms with Crippen molar-refractivity contribution in [1.29, 1.82) is 0 Å². The van der Waals surface area contributed by atoms with Crippen LogP contribution in [0.1, 0.15) is 19.0 Å². The number of alkyl halides is 3. The van der Waals surface area contributed by atoms with Crippen LogP contribution in [0, 0.1) is 0 Å². The molecule has 0 radical (unpaired) electrons. The summed E-state index contributed by atoms with van der Waals surface area (Å²) in [5.74, 6) is 0. The molecule has 1 fully saturated rings. The SMILES string of the molecule is CCN(C)C1CCN(c2nc(C(F)(F)F)cs2)C1. The van der Waals surface area contributed by atoms with Gasteiger partial charge in [-0.3, -0.25) is 0 Å². The van der Waals surface area contributed by atoms with Gasteiger partial charge in [0.15, 0.2) is 10.8 Å². The van der Waals surface area contributed by atoms with Gasteiger partial charge in [0.1, 0.15) is 0 Å². The lowest BCUT2D eigenvalue weighted by Gasteiger charge is -2.22. The predicted molar refractivity (Wildman–Crippen MR) is 66.0 cm³/mol. The van der Waals surface area contributed by atoms with Gasteiger partial charge in [0, 0.05) is 24.5 Å². The van der Waals surface area contributed by atoms with Crippen molar-refractivity contribution in [3.63, 3.8) is 0 Å². The van der Waals surface area contributed by atoms with Crippen LogP contribution < -0.4 is 4.90 Å². The monoisotopic (exact) mass is 279 g/mol.